The first kappa shape index (κ1) is 54.4. The largest absolute Gasteiger partial charge is 0.507 e. The van der Waals surface area contributed by atoms with Crippen LogP contribution in [0.25, 0.3) is 0 Å². The van der Waals surface area contributed by atoms with Gasteiger partial charge in [-0.2, -0.15) is 0 Å². The molecular formula is C51H72N2O20. The monoisotopic (exact) mass is 1030 g/mol. The van der Waals surface area contributed by atoms with Crippen molar-refractivity contribution in [3.05, 3.63) is 57.1 Å². The molecule has 0 spiro atoms. The molecular weight excluding hydrogens is 961 g/mol. The molecule has 0 saturated carbocycles. The Hall–Kier alpha value is -3.34. The van der Waals surface area contributed by atoms with Gasteiger partial charge in [0.15, 0.2) is 24.7 Å². The predicted molar refractivity (Wildman–Crippen MR) is 252 cm³/mol. The lowest BCUT2D eigenvalue weighted by Gasteiger charge is -2.56. The van der Waals surface area contributed by atoms with Crippen LogP contribution < -0.4 is 10.5 Å². The lowest BCUT2D eigenvalue weighted by Crippen LogP contribution is -2.71. The van der Waals surface area contributed by atoms with Gasteiger partial charge in [0.05, 0.1) is 41.1 Å². The third-order valence-corrected chi connectivity index (χ3v) is 16.6. The second-order valence-corrected chi connectivity index (χ2v) is 22.3. The van der Waals surface area contributed by atoms with Gasteiger partial charge in [0.2, 0.25) is 12.1 Å². The molecule has 0 radical (unpaired) electrons. The summed E-state index contributed by atoms with van der Waals surface area (Å²) in [5.74, 6) is -2.14. The molecule has 22 atom stereocenters. The highest BCUT2D eigenvalue weighted by Gasteiger charge is 2.63. The van der Waals surface area contributed by atoms with E-state index in [2.05, 4.69) is 0 Å². The Morgan fingerprint density at radius 2 is 1.29 bits per heavy atom. The maximum absolute atomic E-state index is 15.3. The van der Waals surface area contributed by atoms with E-state index in [1.54, 1.807) is 52.8 Å². The lowest BCUT2D eigenvalue weighted by molar-refractivity contribution is -0.370. The third-order valence-electron chi connectivity index (χ3n) is 16.6. The molecule has 2 aromatic rings. The van der Waals surface area contributed by atoms with Gasteiger partial charge in [-0.25, -0.2) is 0 Å². The van der Waals surface area contributed by atoms with Crippen molar-refractivity contribution in [2.24, 2.45) is 5.73 Å². The highest BCUT2D eigenvalue weighted by Crippen LogP contribution is 2.55. The maximum atomic E-state index is 15.3. The number of fused-ring (bicyclic) bond motifs is 8. The number of rotatable bonds is 10. The number of benzene rings is 2. The quantitative estimate of drug-likeness (QED) is 0.134. The number of carbonyl (C=O) groups excluding carboxylic acids is 2. The van der Waals surface area contributed by atoms with Gasteiger partial charge in [0.1, 0.15) is 83.2 Å². The molecule has 15 unspecified atom stereocenters. The molecule has 73 heavy (non-hydrogen) atoms. The van der Waals surface area contributed by atoms with Crippen molar-refractivity contribution >= 4 is 11.6 Å². The van der Waals surface area contributed by atoms with Gasteiger partial charge in [-0.15, -0.1) is 0 Å². The molecule has 0 aromatic heterocycles. The first-order chi connectivity index (χ1) is 34.0. The molecule has 2 bridgehead atoms. The number of phenolic OH excluding ortho intramolecular Hbond substituents is 1. The molecule has 22 nitrogen and oxygen atoms in total. The van der Waals surface area contributed by atoms with Crippen molar-refractivity contribution in [1.29, 1.82) is 0 Å². The molecule has 4 fully saturated rings. The van der Waals surface area contributed by atoms with E-state index < -0.39 is 150 Å². The van der Waals surface area contributed by atoms with Crippen molar-refractivity contribution in [2.45, 2.75) is 201 Å². The van der Waals surface area contributed by atoms with E-state index in [9.17, 15) is 40.5 Å². The average Bonchev–Trinajstić information content (AvgIpc) is 3.28. The van der Waals surface area contributed by atoms with E-state index in [1.807, 2.05) is 0 Å². The summed E-state index contributed by atoms with van der Waals surface area (Å²) in [6.45, 7) is 12.7. The number of nitrogens with two attached hydrogens (primary N) is 1. The summed E-state index contributed by atoms with van der Waals surface area (Å²) in [6, 6.07) is 3.70. The molecule has 5 aliphatic heterocycles. The molecule has 0 amide bonds. The number of nitrogens with zero attached hydrogens (tertiary/aromatic N) is 1. The van der Waals surface area contributed by atoms with Crippen molar-refractivity contribution in [2.75, 3.05) is 35.4 Å². The van der Waals surface area contributed by atoms with Crippen LogP contribution in [0.15, 0.2) is 18.2 Å². The number of aliphatic hydroxyl groups is 6. The van der Waals surface area contributed by atoms with Crippen LogP contribution in [0.4, 0.5) is 0 Å². The van der Waals surface area contributed by atoms with Crippen LogP contribution in [0.5, 0.6) is 11.5 Å². The van der Waals surface area contributed by atoms with Crippen molar-refractivity contribution in [1.82, 2.24) is 4.90 Å². The van der Waals surface area contributed by atoms with Gasteiger partial charge in [-0.3, -0.25) is 9.59 Å². The van der Waals surface area contributed by atoms with Gasteiger partial charge in [0.25, 0.3) is 0 Å². The minimum absolute atomic E-state index is 0.0143. The first-order valence-corrected chi connectivity index (χ1v) is 24.7. The number of hydrogen-bond acceptors (Lipinski definition) is 22. The van der Waals surface area contributed by atoms with Crippen LogP contribution in [0.2, 0.25) is 0 Å². The molecule has 2 aromatic carbocycles. The van der Waals surface area contributed by atoms with E-state index in [-0.39, 0.29) is 57.5 Å². The molecule has 406 valence electrons. The van der Waals surface area contributed by atoms with E-state index >= 15 is 4.79 Å². The standard InChI is InChI=1S/C51H72N2O20/c1-19-37(58)49(6,61)42(64-12)45(67-19)71-36-27-22(17-48(5,60)41(36)63-11)16-24-28(32(27)55)33(56)29-23(31(24)54)14-15-25-35(29)70-44-34(57)30(53(9)10)40(51(25,8)73-44)69-26-18-47(4,52)39(21(3)66-26)72-46-43(65-13)50(7,62)38(59)20(2)68-46/h14-16,19-21,26,30,34,36-46,55,57-62H,17-18,52H2,1-13H3/t19?,20?,21?,26?,30-,34-,36+,37?,38?,39?,40-,41?,42?,43?,44+,45?,46?,47?,48+,49?,50?,51+/m0/s1. The second kappa shape index (κ2) is 18.7. The molecule has 22 heteroatoms. The smallest absolute Gasteiger partial charge is 0.228 e. The van der Waals surface area contributed by atoms with E-state index in [4.69, 9.17) is 57.8 Å². The molecule has 7 aliphatic rings. The number of carbonyl (C=O) groups is 2. The number of aromatic hydroxyl groups is 1. The number of hydrogen-bond donors (Lipinski definition) is 8. The average molecular weight is 1030 g/mol. The Labute approximate surface area is 423 Å². The van der Waals surface area contributed by atoms with Crippen molar-refractivity contribution in [3.8, 4) is 11.5 Å². The van der Waals surface area contributed by atoms with E-state index in [0.29, 0.717) is 0 Å². The van der Waals surface area contributed by atoms with Gasteiger partial charge in [-0.1, -0.05) is 6.07 Å². The summed E-state index contributed by atoms with van der Waals surface area (Å²) in [6.07, 6.45) is -18.6. The summed E-state index contributed by atoms with van der Waals surface area (Å²) >= 11 is 0. The molecule has 9 rings (SSSR count). The fourth-order valence-corrected chi connectivity index (χ4v) is 12.8. The number of phenols is 1. The minimum atomic E-state index is -1.88. The zero-order valence-electron chi connectivity index (χ0n) is 43.4. The van der Waals surface area contributed by atoms with Crippen LogP contribution in [-0.2, 0) is 59.4 Å². The summed E-state index contributed by atoms with van der Waals surface area (Å²) < 4.78 is 68.3. The second-order valence-electron chi connectivity index (χ2n) is 22.3. The van der Waals surface area contributed by atoms with Crippen LogP contribution in [-0.4, -0.2) is 208 Å². The molecule has 5 heterocycles. The van der Waals surface area contributed by atoms with Gasteiger partial charge in [0, 0.05) is 62.0 Å². The number of ketones is 2. The lowest BCUT2D eigenvalue weighted by atomic mass is 9.71. The summed E-state index contributed by atoms with van der Waals surface area (Å²) in [7, 11) is 7.51. The van der Waals surface area contributed by atoms with Gasteiger partial charge < -0.3 is 98.5 Å². The minimum Gasteiger partial charge on any atom is -0.507 e. The van der Waals surface area contributed by atoms with Crippen LogP contribution >= 0.6 is 0 Å². The summed E-state index contributed by atoms with van der Waals surface area (Å²) in [4.78, 5) is 31.8. The van der Waals surface area contributed by atoms with Crippen LogP contribution in [0.1, 0.15) is 116 Å². The Morgan fingerprint density at radius 3 is 1.84 bits per heavy atom. The third kappa shape index (κ3) is 8.39. The zero-order valence-corrected chi connectivity index (χ0v) is 43.4. The van der Waals surface area contributed by atoms with Crippen molar-refractivity contribution < 1.29 is 97.4 Å². The van der Waals surface area contributed by atoms with Crippen molar-refractivity contribution in [3.63, 3.8) is 0 Å². The Balaban J connectivity index is 1.07. The van der Waals surface area contributed by atoms with Gasteiger partial charge >= 0.3 is 0 Å². The SMILES string of the molecule is COC1C(OC2C(C)OC(O[C@H]3[C@@H](N(C)C)[C@H](O)[C@@H]4Oc5c(ccc6c5C(=O)c5c(cc7c(c5O)[C@@H](OC5OC(C)C(O)C(C)(O)C5OC)C(OC)[C@](C)(O)C7)C6=O)[C@@]3(C)O4)CC2(C)N)OC(C)C(O)C1(C)O. The topological polar surface area (TPSA) is 307 Å². The van der Waals surface area contributed by atoms with E-state index in [1.165, 1.54) is 61.2 Å². The number of ether oxygens (including phenoxy) is 11. The molecule has 4 saturated heterocycles. The predicted octanol–water partition coefficient (Wildman–Crippen LogP) is 0.169. The fraction of sp³-hybridized carbons (Fsp3) is 0.725. The van der Waals surface area contributed by atoms with Crippen LogP contribution in [0.3, 0.4) is 0 Å². The summed E-state index contributed by atoms with van der Waals surface area (Å²) in [5.41, 5.74) is -1.14. The molecule has 9 N–H and O–H groups in total. The first-order valence-electron chi connectivity index (χ1n) is 24.7. The number of likely N-dealkylation sites (N-methyl/N-ethyl adjacent to an activating group) is 1. The molecule has 2 aliphatic carbocycles. The number of methoxy groups -OCH3 is 3. The Bertz CT molecular complexity index is 2480. The Kier molecular flexibility index (Phi) is 13.9. The number of aliphatic hydroxyl groups excluding tert-OH is 3. The summed E-state index contributed by atoms with van der Waals surface area (Å²) in [5, 5.41) is 80.6. The van der Waals surface area contributed by atoms with Gasteiger partial charge in [-0.05, 0) is 87.2 Å². The maximum Gasteiger partial charge on any atom is 0.228 e. The fourth-order valence-electron chi connectivity index (χ4n) is 12.8. The normalized spacial score (nSPS) is 46.3. The highest BCUT2D eigenvalue weighted by atomic mass is 16.8. The van der Waals surface area contributed by atoms with Crippen LogP contribution in [0, 0.1) is 0 Å². The highest BCUT2D eigenvalue weighted by molar-refractivity contribution is 6.30. The Morgan fingerprint density at radius 1 is 0.712 bits per heavy atom. The van der Waals surface area contributed by atoms with E-state index in [0.717, 1.165) is 0 Å². The zero-order chi connectivity index (χ0) is 53.6.